The first-order chi connectivity index (χ1) is 17.3. The summed E-state index contributed by atoms with van der Waals surface area (Å²) in [6.45, 7) is 13.6. The highest BCUT2D eigenvalue weighted by Gasteiger charge is 2.37. The van der Waals surface area contributed by atoms with Gasteiger partial charge in [-0.2, -0.15) is 0 Å². The lowest BCUT2D eigenvalue weighted by Crippen LogP contribution is -2.33. The van der Waals surface area contributed by atoms with Gasteiger partial charge in [0.15, 0.2) is 0 Å². The molecule has 2 nitrogen and oxygen atoms in total. The fourth-order valence-corrected chi connectivity index (χ4v) is 5.76. The van der Waals surface area contributed by atoms with Gasteiger partial charge in [0.2, 0.25) is 0 Å². The molecule has 0 amide bonds. The van der Waals surface area contributed by atoms with Gasteiger partial charge in [0.1, 0.15) is 5.75 Å². The summed E-state index contributed by atoms with van der Waals surface area (Å²) in [5.41, 5.74) is 9.85. The number of nitrogens with one attached hydrogen (secondary N) is 1. The summed E-state index contributed by atoms with van der Waals surface area (Å²) in [6, 6.07) is 23.5. The zero-order valence-corrected chi connectivity index (χ0v) is 22.9. The molecule has 0 saturated heterocycles. The summed E-state index contributed by atoms with van der Waals surface area (Å²) in [5.74, 6) is 0.993. The van der Waals surface area contributed by atoms with Crippen molar-refractivity contribution in [3.63, 3.8) is 0 Å². The van der Waals surface area contributed by atoms with E-state index < -0.39 is 0 Å². The molecular formula is C34H43NO. The lowest BCUT2D eigenvalue weighted by atomic mass is 9.63. The maximum absolute atomic E-state index is 6.44. The van der Waals surface area contributed by atoms with E-state index in [1.54, 1.807) is 0 Å². The molecule has 2 aliphatic rings. The van der Waals surface area contributed by atoms with Crippen molar-refractivity contribution < 1.29 is 4.74 Å². The fourth-order valence-electron chi connectivity index (χ4n) is 5.76. The molecule has 3 aromatic carbocycles. The topological polar surface area (TPSA) is 21.3 Å². The number of ether oxygens (including phenoxy) is 1. The van der Waals surface area contributed by atoms with Crippen LogP contribution in [0.5, 0.6) is 5.75 Å². The highest BCUT2D eigenvalue weighted by molar-refractivity contribution is 5.79. The second-order valence-electron chi connectivity index (χ2n) is 12.2. The van der Waals surface area contributed by atoms with Crippen molar-refractivity contribution >= 4 is 0 Å². The second-order valence-corrected chi connectivity index (χ2v) is 12.2. The summed E-state index contributed by atoms with van der Waals surface area (Å²) in [6.07, 6.45) is 7.17. The smallest absolute Gasteiger partial charge is 0.127 e. The van der Waals surface area contributed by atoms with E-state index >= 15 is 0 Å². The summed E-state index contributed by atoms with van der Waals surface area (Å²) >= 11 is 0. The van der Waals surface area contributed by atoms with Crippen LogP contribution in [-0.2, 0) is 17.3 Å². The molecule has 0 aliphatic heterocycles. The van der Waals surface area contributed by atoms with Crippen LogP contribution >= 0.6 is 0 Å². The van der Waals surface area contributed by atoms with Crippen molar-refractivity contribution in [1.29, 1.82) is 0 Å². The second kappa shape index (κ2) is 10.1. The van der Waals surface area contributed by atoms with E-state index in [-0.39, 0.29) is 10.8 Å². The predicted molar refractivity (Wildman–Crippen MR) is 153 cm³/mol. The lowest BCUT2D eigenvalue weighted by molar-refractivity contribution is 0.309. The molecule has 190 valence electrons. The van der Waals surface area contributed by atoms with Crippen molar-refractivity contribution in [2.45, 2.75) is 90.0 Å². The molecule has 0 atom stereocenters. The van der Waals surface area contributed by atoms with Crippen LogP contribution in [0.15, 0.2) is 60.7 Å². The van der Waals surface area contributed by atoms with Gasteiger partial charge in [-0.15, -0.1) is 0 Å². The van der Waals surface area contributed by atoms with Crippen LogP contribution in [0.2, 0.25) is 0 Å². The Bertz CT molecular complexity index is 1220. The molecule has 0 spiro atoms. The Morgan fingerprint density at radius 2 is 1.50 bits per heavy atom. The molecule has 2 aliphatic carbocycles. The van der Waals surface area contributed by atoms with Crippen molar-refractivity contribution in [3.8, 4) is 28.0 Å². The average molecular weight is 482 g/mol. The van der Waals surface area contributed by atoms with Crippen LogP contribution in [0.25, 0.3) is 22.3 Å². The van der Waals surface area contributed by atoms with E-state index in [1.165, 1.54) is 64.6 Å². The molecule has 2 heteroatoms. The predicted octanol–water partition coefficient (Wildman–Crippen LogP) is 8.45. The van der Waals surface area contributed by atoms with Crippen LogP contribution in [0.1, 0.15) is 83.4 Å². The number of fused-ring (bicyclic) bond motifs is 1. The minimum atomic E-state index is 0.183. The Kier molecular flexibility index (Phi) is 7.01. The minimum Gasteiger partial charge on any atom is -0.493 e. The van der Waals surface area contributed by atoms with E-state index in [0.717, 1.165) is 37.8 Å². The minimum absolute atomic E-state index is 0.183. The van der Waals surface area contributed by atoms with E-state index in [1.807, 2.05) is 0 Å². The Balaban J connectivity index is 1.53. The van der Waals surface area contributed by atoms with Crippen molar-refractivity contribution in [2.24, 2.45) is 0 Å². The van der Waals surface area contributed by atoms with Gasteiger partial charge >= 0.3 is 0 Å². The van der Waals surface area contributed by atoms with Gasteiger partial charge in [-0.3, -0.25) is 0 Å². The number of aryl methyl sites for hydroxylation is 1. The summed E-state index contributed by atoms with van der Waals surface area (Å²) in [5, 5.41) is 3.60. The van der Waals surface area contributed by atoms with Gasteiger partial charge < -0.3 is 10.1 Å². The zero-order valence-electron chi connectivity index (χ0n) is 22.9. The number of benzene rings is 3. The van der Waals surface area contributed by atoms with Gasteiger partial charge in [-0.05, 0) is 101 Å². The largest absolute Gasteiger partial charge is 0.493 e. The van der Waals surface area contributed by atoms with Gasteiger partial charge in [-0.1, -0.05) is 83.1 Å². The molecule has 0 aromatic heterocycles. The Labute approximate surface area is 218 Å². The Hall–Kier alpha value is -2.58. The molecular weight excluding hydrogens is 438 g/mol. The number of hydrogen-bond donors (Lipinski definition) is 1. The van der Waals surface area contributed by atoms with Gasteiger partial charge in [0.05, 0.1) is 6.61 Å². The lowest BCUT2D eigenvalue weighted by Gasteiger charge is -2.42. The van der Waals surface area contributed by atoms with Crippen LogP contribution in [-0.4, -0.2) is 19.2 Å². The van der Waals surface area contributed by atoms with E-state index in [4.69, 9.17) is 4.74 Å². The number of hydrogen-bond acceptors (Lipinski definition) is 2. The van der Waals surface area contributed by atoms with E-state index in [0.29, 0.717) is 0 Å². The highest BCUT2D eigenvalue weighted by Crippen LogP contribution is 2.47. The zero-order chi connectivity index (χ0) is 25.3. The average Bonchev–Trinajstić information content (AvgIpc) is 3.71. The number of rotatable bonds is 9. The molecule has 1 fully saturated rings. The highest BCUT2D eigenvalue weighted by atomic mass is 16.5. The summed E-state index contributed by atoms with van der Waals surface area (Å²) in [4.78, 5) is 0. The molecule has 1 N–H and O–H groups in total. The molecule has 0 heterocycles. The van der Waals surface area contributed by atoms with Crippen molar-refractivity contribution in [3.05, 3.63) is 77.4 Å². The molecule has 0 radical (unpaired) electrons. The molecule has 5 rings (SSSR count). The molecule has 0 unspecified atom stereocenters. The van der Waals surface area contributed by atoms with E-state index in [9.17, 15) is 0 Å². The van der Waals surface area contributed by atoms with Crippen LogP contribution in [0.4, 0.5) is 0 Å². The first-order valence-electron chi connectivity index (χ1n) is 14.0. The Morgan fingerprint density at radius 1 is 0.806 bits per heavy atom. The first-order valence-corrected chi connectivity index (χ1v) is 14.0. The molecule has 1 saturated carbocycles. The van der Waals surface area contributed by atoms with Crippen LogP contribution < -0.4 is 10.1 Å². The third-order valence-corrected chi connectivity index (χ3v) is 8.44. The van der Waals surface area contributed by atoms with Gasteiger partial charge in [0.25, 0.3) is 0 Å². The van der Waals surface area contributed by atoms with Crippen LogP contribution in [0.3, 0.4) is 0 Å². The van der Waals surface area contributed by atoms with Gasteiger partial charge in [-0.25, -0.2) is 0 Å². The van der Waals surface area contributed by atoms with Gasteiger partial charge in [0, 0.05) is 11.6 Å². The molecule has 36 heavy (non-hydrogen) atoms. The van der Waals surface area contributed by atoms with Crippen molar-refractivity contribution in [1.82, 2.24) is 5.32 Å². The normalized spacial score (nSPS) is 18.0. The molecule has 0 bridgehead atoms. The third-order valence-electron chi connectivity index (χ3n) is 8.44. The first kappa shape index (κ1) is 25.1. The van der Waals surface area contributed by atoms with Crippen molar-refractivity contribution in [2.75, 3.05) is 13.2 Å². The SMILES string of the molecule is CCc1ccccc1-c1ccc(OCCCNC2CC2)c(-c2ccc3c(c2)C(C)(C)CCC3(C)C)c1. The maximum Gasteiger partial charge on any atom is 0.127 e. The molecule has 3 aromatic rings. The fraction of sp³-hybridized carbons (Fsp3) is 0.471. The quantitative estimate of drug-likeness (QED) is 0.310. The monoisotopic (exact) mass is 481 g/mol. The maximum atomic E-state index is 6.44. The standard InChI is InChI=1S/C34H43NO/c1-6-24-10-7-8-11-28(24)25-13-17-32(36-21-9-20-35-27-14-15-27)29(22-25)26-12-16-30-31(23-26)34(4,5)19-18-33(30,2)3/h7-8,10-13,16-17,22-23,27,35H,6,9,14-15,18-21H2,1-5H3. The van der Waals surface area contributed by atoms with Crippen LogP contribution in [0, 0.1) is 0 Å². The Morgan fingerprint density at radius 3 is 2.25 bits per heavy atom. The third kappa shape index (κ3) is 5.25. The summed E-state index contributed by atoms with van der Waals surface area (Å²) < 4.78 is 6.44. The van der Waals surface area contributed by atoms with E-state index in [2.05, 4.69) is 101 Å². The summed E-state index contributed by atoms with van der Waals surface area (Å²) in [7, 11) is 0.